The van der Waals surface area contributed by atoms with Crippen molar-refractivity contribution in [3.8, 4) is 5.75 Å². The maximum Gasteiger partial charge on any atom is 0.387 e. The summed E-state index contributed by atoms with van der Waals surface area (Å²) in [4.78, 5) is 24.6. The molecule has 0 unspecified atom stereocenters. The van der Waals surface area contributed by atoms with Gasteiger partial charge in [0.15, 0.2) is 0 Å². The number of amides is 2. The van der Waals surface area contributed by atoms with E-state index >= 15 is 0 Å². The number of anilines is 1. The Kier molecular flexibility index (Phi) is 4.30. The number of hydrogen-bond acceptors (Lipinski definition) is 5. The molecule has 1 aliphatic heterocycles. The van der Waals surface area contributed by atoms with Crippen molar-refractivity contribution >= 4 is 27.5 Å². The summed E-state index contributed by atoms with van der Waals surface area (Å²) in [7, 11) is -3.98. The smallest absolute Gasteiger partial charge is 0.387 e. The van der Waals surface area contributed by atoms with E-state index in [0.29, 0.717) is 12.8 Å². The van der Waals surface area contributed by atoms with Gasteiger partial charge in [-0.05, 0) is 43.2 Å². The highest BCUT2D eigenvalue weighted by molar-refractivity contribution is 7.90. The van der Waals surface area contributed by atoms with E-state index in [2.05, 4.69) is 10.1 Å². The minimum atomic E-state index is -3.98. The van der Waals surface area contributed by atoms with Crippen molar-refractivity contribution in [3.63, 3.8) is 0 Å². The Balaban J connectivity index is 1.59. The van der Waals surface area contributed by atoms with Gasteiger partial charge in [-0.3, -0.25) is 9.59 Å². The van der Waals surface area contributed by atoms with Gasteiger partial charge in [0.05, 0.1) is 5.56 Å². The third kappa shape index (κ3) is 3.19. The summed E-state index contributed by atoms with van der Waals surface area (Å²) >= 11 is 0. The average Bonchev–Trinajstić information content (AvgIpc) is 3.42. The number of halogens is 2. The van der Waals surface area contributed by atoms with Crippen LogP contribution in [-0.2, 0) is 10.0 Å². The Bertz CT molecular complexity index is 1080. The van der Waals surface area contributed by atoms with E-state index in [1.807, 2.05) is 0 Å². The zero-order valence-electron chi connectivity index (χ0n) is 14.3. The quantitative estimate of drug-likeness (QED) is 0.821. The van der Waals surface area contributed by atoms with Crippen molar-refractivity contribution in [2.45, 2.75) is 30.4 Å². The second kappa shape index (κ2) is 6.55. The van der Waals surface area contributed by atoms with E-state index in [4.69, 9.17) is 0 Å². The van der Waals surface area contributed by atoms with Crippen LogP contribution in [-0.4, -0.2) is 37.2 Å². The van der Waals surface area contributed by atoms with E-state index in [1.165, 1.54) is 36.4 Å². The van der Waals surface area contributed by atoms with Gasteiger partial charge in [-0.1, -0.05) is 6.07 Å². The summed E-state index contributed by atoms with van der Waals surface area (Å²) in [5.74, 6) is -1.36. The molecule has 146 valence electrons. The molecule has 0 radical (unpaired) electrons. The van der Waals surface area contributed by atoms with Gasteiger partial charge in [0, 0.05) is 23.4 Å². The number of benzene rings is 2. The molecule has 1 fully saturated rings. The van der Waals surface area contributed by atoms with Gasteiger partial charge < -0.3 is 10.1 Å². The van der Waals surface area contributed by atoms with E-state index in [0.717, 1.165) is 10.4 Å². The predicted molar refractivity (Wildman–Crippen MR) is 93.8 cm³/mol. The van der Waals surface area contributed by atoms with Crippen LogP contribution in [0.1, 0.15) is 33.6 Å². The summed E-state index contributed by atoms with van der Waals surface area (Å²) in [6.07, 6.45) is 1.26. The molecule has 1 aliphatic carbocycles. The molecule has 0 saturated heterocycles. The van der Waals surface area contributed by atoms with Crippen LogP contribution in [0.5, 0.6) is 5.75 Å². The van der Waals surface area contributed by atoms with Gasteiger partial charge >= 0.3 is 6.61 Å². The van der Waals surface area contributed by atoms with Crippen molar-refractivity contribution in [2.24, 2.45) is 0 Å². The second-order valence-electron chi connectivity index (χ2n) is 6.41. The van der Waals surface area contributed by atoms with Crippen LogP contribution in [0.4, 0.5) is 14.5 Å². The van der Waals surface area contributed by atoms with Crippen molar-refractivity contribution in [1.82, 2.24) is 4.31 Å². The Morgan fingerprint density at radius 3 is 2.61 bits per heavy atom. The van der Waals surface area contributed by atoms with Gasteiger partial charge in [-0.25, -0.2) is 12.7 Å². The summed E-state index contributed by atoms with van der Waals surface area (Å²) < 4.78 is 55.1. The minimum absolute atomic E-state index is 0.0213. The van der Waals surface area contributed by atoms with Gasteiger partial charge in [0.1, 0.15) is 10.6 Å². The van der Waals surface area contributed by atoms with Crippen molar-refractivity contribution in [2.75, 3.05) is 5.32 Å². The van der Waals surface area contributed by atoms with Crippen molar-refractivity contribution < 1.29 is 31.5 Å². The fraction of sp³-hybridized carbons (Fsp3) is 0.222. The van der Waals surface area contributed by atoms with Crippen molar-refractivity contribution in [3.05, 3.63) is 53.6 Å². The predicted octanol–water partition coefficient (Wildman–Crippen LogP) is 2.85. The van der Waals surface area contributed by atoms with Gasteiger partial charge in [-0.2, -0.15) is 8.78 Å². The fourth-order valence-corrected chi connectivity index (χ4v) is 4.85. The maximum atomic E-state index is 12.6. The molecule has 2 aliphatic rings. The molecule has 10 heteroatoms. The highest BCUT2D eigenvalue weighted by Crippen LogP contribution is 2.39. The molecule has 1 heterocycles. The first-order valence-corrected chi connectivity index (χ1v) is 9.80. The molecule has 28 heavy (non-hydrogen) atoms. The topological polar surface area (TPSA) is 92.8 Å². The van der Waals surface area contributed by atoms with Crippen LogP contribution in [0.25, 0.3) is 0 Å². The summed E-state index contributed by atoms with van der Waals surface area (Å²) in [5, 5.41) is 2.49. The molecule has 7 nitrogen and oxygen atoms in total. The Labute approximate surface area is 159 Å². The average molecular weight is 408 g/mol. The number of hydrogen-bond donors (Lipinski definition) is 1. The Morgan fingerprint density at radius 1 is 1.18 bits per heavy atom. The molecule has 2 amide bonds. The SMILES string of the molecule is O=C(Nc1cccc(OC(F)F)c1)c1ccc2c(c1)S(=O)(=O)N(C1CC1)C2=O. The Hall–Kier alpha value is -3.01. The van der Waals surface area contributed by atoms with Gasteiger partial charge in [0.2, 0.25) is 0 Å². The number of nitrogens with one attached hydrogen (secondary N) is 1. The van der Waals surface area contributed by atoms with E-state index in [-0.39, 0.29) is 33.5 Å². The molecule has 1 saturated carbocycles. The molecule has 0 spiro atoms. The molecule has 0 atom stereocenters. The zero-order valence-corrected chi connectivity index (χ0v) is 15.1. The largest absolute Gasteiger partial charge is 0.435 e. The number of alkyl halides is 2. The number of ether oxygens (including phenoxy) is 1. The Morgan fingerprint density at radius 2 is 1.93 bits per heavy atom. The van der Waals surface area contributed by atoms with E-state index in [1.54, 1.807) is 0 Å². The molecular weight excluding hydrogens is 394 g/mol. The summed E-state index contributed by atoms with van der Waals surface area (Å²) in [6, 6.07) is 8.90. The van der Waals surface area contributed by atoms with Crippen LogP contribution in [0.3, 0.4) is 0 Å². The lowest BCUT2D eigenvalue weighted by atomic mass is 10.1. The lowest BCUT2D eigenvalue weighted by Gasteiger charge is -2.13. The number of carbonyl (C=O) groups excluding carboxylic acids is 2. The van der Waals surface area contributed by atoms with Crippen LogP contribution in [0.15, 0.2) is 47.4 Å². The van der Waals surface area contributed by atoms with E-state index in [9.17, 15) is 26.8 Å². The number of nitrogens with zero attached hydrogens (tertiary/aromatic N) is 1. The fourth-order valence-electron chi connectivity index (χ4n) is 3.01. The van der Waals surface area contributed by atoms with E-state index < -0.39 is 28.4 Å². The lowest BCUT2D eigenvalue weighted by molar-refractivity contribution is -0.0498. The third-order valence-electron chi connectivity index (χ3n) is 4.41. The standard InChI is InChI=1S/C18H14F2N2O5S/c19-18(20)27-13-3-1-2-11(9-13)21-16(23)10-4-7-14-15(8-10)28(25,26)22(17(14)24)12-5-6-12/h1-4,7-9,12,18H,5-6H2,(H,21,23). The van der Waals surface area contributed by atoms with Crippen LogP contribution in [0, 0.1) is 0 Å². The second-order valence-corrected chi connectivity index (χ2v) is 8.19. The molecule has 0 bridgehead atoms. The zero-order chi connectivity index (χ0) is 20.1. The molecule has 0 aromatic heterocycles. The first-order valence-electron chi connectivity index (χ1n) is 8.36. The molecule has 4 rings (SSSR count). The molecular formula is C18H14F2N2O5S. The summed E-state index contributed by atoms with van der Waals surface area (Å²) in [6.45, 7) is -3.00. The molecule has 2 aromatic carbocycles. The monoisotopic (exact) mass is 408 g/mol. The molecule has 1 N–H and O–H groups in total. The number of rotatable bonds is 5. The number of carbonyl (C=O) groups is 2. The van der Waals surface area contributed by atoms with Crippen LogP contribution >= 0.6 is 0 Å². The lowest BCUT2D eigenvalue weighted by Crippen LogP contribution is -2.31. The molecule has 2 aromatic rings. The number of fused-ring (bicyclic) bond motifs is 1. The minimum Gasteiger partial charge on any atom is -0.435 e. The normalized spacial score (nSPS) is 17.5. The van der Waals surface area contributed by atoms with Gasteiger partial charge in [-0.15, -0.1) is 0 Å². The van der Waals surface area contributed by atoms with Crippen LogP contribution in [0.2, 0.25) is 0 Å². The highest BCUT2D eigenvalue weighted by Gasteiger charge is 2.48. The first-order chi connectivity index (χ1) is 13.3. The summed E-state index contributed by atoms with van der Waals surface area (Å²) in [5.41, 5.74) is 0.255. The van der Waals surface area contributed by atoms with Gasteiger partial charge in [0.25, 0.3) is 21.8 Å². The third-order valence-corrected chi connectivity index (χ3v) is 6.28. The van der Waals surface area contributed by atoms with Crippen LogP contribution < -0.4 is 10.1 Å². The highest BCUT2D eigenvalue weighted by atomic mass is 32.2. The van der Waals surface area contributed by atoms with Crippen molar-refractivity contribution in [1.29, 1.82) is 0 Å². The first kappa shape index (κ1) is 18.4. The maximum absolute atomic E-state index is 12.6. The number of sulfonamides is 1.